The Morgan fingerprint density at radius 1 is 0.708 bits per heavy atom. The molecule has 3 atom stereocenters. The first-order valence-electron chi connectivity index (χ1n) is 17.3. The highest BCUT2D eigenvalue weighted by molar-refractivity contribution is 8.00. The molecule has 0 bridgehead atoms. The number of hydrogen-bond donors (Lipinski definition) is 0. The smallest absolute Gasteiger partial charge is 0.136 e. The quantitative estimate of drug-likeness (QED) is 0.196. The van der Waals surface area contributed by atoms with Crippen molar-refractivity contribution in [3.8, 4) is 0 Å². The van der Waals surface area contributed by atoms with Crippen molar-refractivity contribution in [3.63, 3.8) is 0 Å². The summed E-state index contributed by atoms with van der Waals surface area (Å²) in [6.07, 6.45) is 32.7. The highest BCUT2D eigenvalue weighted by Gasteiger charge is 2.32. The van der Waals surface area contributed by atoms with Crippen LogP contribution >= 0.6 is 11.8 Å². The molecule has 3 nitrogen and oxygen atoms in total. The minimum atomic E-state index is 0.125. The van der Waals surface area contributed by atoms with Crippen molar-refractivity contribution in [2.75, 3.05) is 0 Å². The van der Waals surface area contributed by atoms with Gasteiger partial charge in [-0.15, -0.1) is 11.8 Å². The van der Waals surface area contributed by atoms with Gasteiger partial charge in [0.25, 0.3) is 0 Å². The summed E-state index contributed by atoms with van der Waals surface area (Å²) >= 11 is 2.00. The maximum Gasteiger partial charge on any atom is 0.136 e. The normalized spacial score (nSPS) is 22.9. The Hall–Kier alpha value is -4.93. The van der Waals surface area contributed by atoms with Crippen molar-refractivity contribution in [2.24, 2.45) is 0 Å². The first kappa shape index (κ1) is 28.1. The molecule has 10 rings (SSSR count). The number of allylic oxidation sites excluding steroid dienone is 15. The summed E-state index contributed by atoms with van der Waals surface area (Å²) < 4.78 is 2.47. The third kappa shape index (κ3) is 4.57. The number of rotatable bonds is 4. The van der Waals surface area contributed by atoms with Gasteiger partial charge in [-0.1, -0.05) is 103 Å². The van der Waals surface area contributed by atoms with E-state index in [9.17, 15) is 0 Å². The van der Waals surface area contributed by atoms with Gasteiger partial charge in [-0.2, -0.15) is 0 Å². The molecular weight excluding hydrogens is 603 g/mol. The minimum Gasteiger partial charge on any atom is -0.310 e. The summed E-state index contributed by atoms with van der Waals surface area (Å²) in [7, 11) is 0. The largest absolute Gasteiger partial charge is 0.310 e. The van der Waals surface area contributed by atoms with Crippen molar-refractivity contribution < 1.29 is 0 Å². The molecular formula is C44H35N3S. The average Bonchev–Trinajstić information content (AvgIpc) is 3.69. The topological polar surface area (TPSA) is 30.7 Å². The number of hydrogen-bond acceptors (Lipinski definition) is 3. The fourth-order valence-electron chi connectivity index (χ4n) is 8.22. The van der Waals surface area contributed by atoms with Crippen molar-refractivity contribution in [1.82, 2.24) is 14.5 Å². The second-order valence-electron chi connectivity index (χ2n) is 13.5. The summed E-state index contributed by atoms with van der Waals surface area (Å²) in [6, 6.07) is 22.3. The number of benzene rings is 3. The van der Waals surface area contributed by atoms with Crippen LogP contribution in [0, 0.1) is 0 Å². The van der Waals surface area contributed by atoms with Crippen LogP contribution in [-0.2, 0) is 0 Å². The van der Waals surface area contributed by atoms with E-state index >= 15 is 0 Å². The molecule has 0 saturated heterocycles. The number of aromatic nitrogens is 3. The lowest BCUT2D eigenvalue weighted by molar-refractivity contribution is 0.774. The van der Waals surface area contributed by atoms with Gasteiger partial charge in [-0.05, 0) is 84.7 Å². The summed E-state index contributed by atoms with van der Waals surface area (Å²) in [5.41, 5.74) is 11.6. The molecule has 0 spiro atoms. The first-order chi connectivity index (χ1) is 23.8. The Labute approximate surface area is 285 Å². The molecule has 5 aromatic rings. The maximum absolute atomic E-state index is 5.32. The van der Waals surface area contributed by atoms with E-state index in [1.165, 1.54) is 54.7 Å². The van der Waals surface area contributed by atoms with Crippen molar-refractivity contribution in [2.45, 2.75) is 54.1 Å². The lowest BCUT2D eigenvalue weighted by Gasteiger charge is -2.21. The van der Waals surface area contributed by atoms with Crippen LogP contribution in [0.25, 0.3) is 44.0 Å². The van der Waals surface area contributed by atoms with Crippen molar-refractivity contribution in [3.05, 3.63) is 162 Å². The minimum absolute atomic E-state index is 0.125. The van der Waals surface area contributed by atoms with E-state index in [0.29, 0.717) is 11.2 Å². The number of para-hydroxylation sites is 2. The van der Waals surface area contributed by atoms with Gasteiger partial charge < -0.3 is 4.57 Å². The van der Waals surface area contributed by atoms with Gasteiger partial charge in [0.15, 0.2) is 0 Å². The number of thioether (sulfide) groups is 1. The van der Waals surface area contributed by atoms with Crippen LogP contribution in [0.2, 0.25) is 0 Å². The second kappa shape index (κ2) is 11.4. The zero-order chi connectivity index (χ0) is 31.6. The second-order valence-corrected chi connectivity index (χ2v) is 14.7. The summed E-state index contributed by atoms with van der Waals surface area (Å²) in [4.78, 5) is 11.9. The highest BCUT2D eigenvalue weighted by atomic mass is 32.2. The van der Waals surface area contributed by atoms with Crippen molar-refractivity contribution in [1.29, 1.82) is 0 Å². The zero-order valence-electron chi connectivity index (χ0n) is 26.7. The molecule has 5 aliphatic rings. The molecule has 2 aromatic heterocycles. The molecule has 232 valence electrons. The third-order valence-corrected chi connectivity index (χ3v) is 12.0. The van der Waals surface area contributed by atoms with Gasteiger partial charge in [0.1, 0.15) is 5.82 Å². The van der Waals surface area contributed by atoms with Crippen LogP contribution in [-0.4, -0.2) is 19.8 Å². The Balaban J connectivity index is 1.01. The molecule has 3 heterocycles. The van der Waals surface area contributed by atoms with E-state index in [1.54, 1.807) is 0 Å². The molecule has 4 aliphatic carbocycles. The van der Waals surface area contributed by atoms with Gasteiger partial charge >= 0.3 is 0 Å². The molecule has 1 aliphatic heterocycles. The van der Waals surface area contributed by atoms with Crippen LogP contribution in [0.3, 0.4) is 0 Å². The highest BCUT2D eigenvalue weighted by Crippen LogP contribution is 2.50. The van der Waals surface area contributed by atoms with Gasteiger partial charge in [0.05, 0.1) is 22.2 Å². The van der Waals surface area contributed by atoms with E-state index < -0.39 is 0 Å². The van der Waals surface area contributed by atoms with Crippen LogP contribution in [0.1, 0.15) is 61.0 Å². The Morgan fingerprint density at radius 3 is 2.40 bits per heavy atom. The molecule has 0 fully saturated rings. The SMILES string of the molecule is C1=CCCC(C2=CC=C(c3nc(C4C=CC(n5c6ccccc6c6cc7c(cc65)C5C=CC=CC5S7)=CC4)nc4ccccc34)CC2)=C1. The van der Waals surface area contributed by atoms with Gasteiger partial charge in [0, 0.05) is 43.8 Å². The molecule has 0 N–H and O–H groups in total. The number of nitrogens with zero attached hydrogens (tertiary/aromatic N) is 3. The van der Waals surface area contributed by atoms with E-state index in [1.807, 2.05) is 11.8 Å². The van der Waals surface area contributed by atoms with Crippen LogP contribution in [0.5, 0.6) is 0 Å². The third-order valence-electron chi connectivity index (χ3n) is 10.7. The first-order valence-corrected chi connectivity index (χ1v) is 18.2. The predicted octanol–water partition coefficient (Wildman–Crippen LogP) is 11.4. The number of fused-ring (bicyclic) bond motifs is 7. The van der Waals surface area contributed by atoms with Gasteiger partial charge in [0.2, 0.25) is 0 Å². The van der Waals surface area contributed by atoms with E-state index in [0.717, 1.165) is 54.5 Å². The summed E-state index contributed by atoms with van der Waals surface area (Å²) in [5, 5.41) is 4.27. The Bertz CT molecular complexity index is 2420. The Kier molecular flexibility index (Phi) is 6.65. The van der Waals surface area contributed by atoms with E-state index in [2.05, 4.69) is 138 Å². The van der Waals surface area contributed by atoms with E-state index in [-0.39, 0.29) is 5.92 Å². The fraction of sp³-hybridized carbons (Fsp3) is 0.182. The lowest BCUT2D eigenvalue weighted by atomic mass is 9.87. The molecule has 0 amide bonds. The molecule has 0 radical (unpaired) electrons. The van der Waals surface area contributed by atoms with Crippen molar-refractivity contribution >= 4 is 55.7 Å². The molecule has 4 heteroatoms. The Morgan fingerprint density at radius 2 is 1.54 bits per heavy atom. The van der Waals surface area contributed by atoms with Gasteiger partial charge in [-0.3, -0.25) is 0 Å². The van der Waals surface area contributed by atoms with Gasteiger partial charge in [-0.25, -0.2) is 9.97 Å². The van der Waals surface area contributed by atoms with Crippen LogP contribution in [0.15, 0.2) is 150 Å². The average molecular weight is 638 g/mol. The van der Waals surface area contributed by atoms with E-state index in [4.69, 9.17) is 9.97 Å². The molecule has 48 heavy (non-hydrogen) atoms. The van der Waals surface area contributed by atoms with Crippen LogP contribution in [0.4, 0.5) is 0 Å². The zero-order valence-corrected chi connectivity index (χ0v) is 27.5. The monoisotopic (exact) mass is 637 g/mol. The van der Waals surface area contributed by atoms with Crippen LogP contribution < -0.4 is 0 Å². The molecule has 0 saturated carbocycles. The molecule has 3 unspecified atom stereocenters. The fourth-order valence-corrected chi connectivity index (χ4v) is 9.59. The summed E-state index contributed by atoms with van der Waals surface area (Å²) in [5.74, 6) is 1.47. The summed E-state index contributed by atoms with van der Waals surface area (Å²) in [6.45, 7) is 0. The maximum atomic E-state index is 5.32. The lowest BCUT2D eigenvalue weighted by Crippen LogP contribution is -2.09. The standard InChI is InChI=1S/C44H35N3S/c1-2-10-28(11-3-1)29-18-20-30(21-19-29)43-35-14-4-7-15-38(35)45-44(46-43)31-22-24-32(25-23-31)47-39-16-8-5-12-33(39)36-27-42-37(26-40(36)47)34-13-6-9-17-41(34)48-42/h1-2,4-10,12-18,20,22,24-27,31,34,41H,3,11,19,21,23H2. The molecule has 3 aromatic carbocycles. The predicted molar refractivity (Wildman–Crippen MR) is 202 cm³/mol.